The van der Waals surface area contributed by atoms with Crippen LogP contribution in [0.15, 0.2) is 24.3 Å². The highest BCUT2D eigenvalue weighted by molar-refractivity contribution is 5.46. The molecule has 1 aromatic carbocycles. The summed E-state index contributed by atoms with van der Waals surface area (Å²) in [7, 11) is 4.18. The van der Waals surface area contributed by atoms with Crippen LogP contribution in [0.4, 0.5) is 5.69 Å². The molecule has 0 amide bonds. The predicted molar refractivity (Wildman–Crippen MR) is 81.6 cm³/mol. The minimum Gasteiger partial charge on any atom is -0.378 e. The fourth-order valence-corrected chi connectivity index (χ4v) is 3.01. The second-order valence-corrected chi connectivity index (χ2v) is 6.57. The molecule has 104 valence electrons. The Hall–Kier alpha value is -1.02. The molecule has 1 atom stereocenters. The first-order chi connectivity index (χ1) is 9.15. The van der Waals surface area contributed by atoms with E-state index in [2.05, 4.69) is 55.5 Å². The molecule has 0 bridgehead atoms. The van der Waals surface area contributed by atoms with Gasteiger partial charge in [0, 0.05) is 31.9 Å². The number of nitrogens with zero attached hydrogens (tertiary/aromatic N) is 1. The zero-order chi connectivity index (χ0) is 13.4. The van der Waals surface area contributed by atoms with Crippen molar-refractivity contribution in [3.63, 3.8) is 0 Å². The van der Waals surface area contributed by atoms with Crippen molar-refractivity contribution in [2.24, 2.45) is 11.8 Å². The summed E-state index contributed by atoms with van der Waals surface area (Å²) in [6.07, 6.45) is 5.78. The van der Waals surface area contributed by atoms with Gasteiger partial charge in [-0.15, -0.1) is 0 Å². The van der Waals surface area contributed by atoms with Gasteiger partial charge in [-0.2, -0.15) is 0 Å². The summed E-state index contributed by atoms with van der Waals surface area (Å²) in [5.74, 6) is 1.94. The van der Waals surface area contributed by atoms with Crippen LogP contribution in [0.2, 0.25) is 0 Å². The molecule has 1 aromatic rings. The minimum atomic E-state index is 0.474. The lowest BCUT2D eigenvalue weighted by molar-refractivity contribution is 0.377. The normalized spacial score (nSPS) is 20.6. The topological polar surface area (TPSA) is 15.3 Å². The van der Waals surface area contributed by atoms with E-state index in [1.54, 1.807) is 0 Å². The van der Waals surface area contributed by atoms with Crippen LogP contribution >= 0.6 is 0 Å². The molecule has 3 rings (SSSR count). The molecule has 2 nitrogen and oxygen atoms in total. The highest BCUT2D eigenvalue weighted by atomic mass is 15.1. The zero-order valence-corrected chi connectivity index (χ0v) is 12.4. The summed E-state index contributed by atoms with van der Waals surface area (Å²) in [5.41, 5.74) is 2.69. The molecule has 2 heteroatoms. The van der Waals surface area contributed by atoms with Gasteiger partial charge in [-0.1, -0.05) is 12.1 Å². The van der Waals surface area contributed by atoms with Gasteiger partial charge in [0.15, 0.2) is 0 Å². The molecule has 0 aromatic heterocycles. The van der Waals surface area contributed by atoms with Crippen LogP contribution in [0.25, 0.3) is 0 Å². The van der Waals surface area contributed by atoms with Gasteiger partial charge in [0.05, 0.1) is 0 Å². The van der Waals surface area contributed by atoms with Crippen molar-refractivity contribution in [2.45, 2.75) is 44.7 Å². The Bertz CT molecular complexity index is 403. The quantitative estimate of drug-likeness (QED) is 0.839. The van der Waals surface area contributed by atoms with Crippen LogP contribution in [0.3, 0.4) is 0 Å². The van der Waals surface area contributed by atoms with E-state index in [0.717, 1.165) is 17.9 Å². The summed E-state index contributed by atoms with van der Waals surface area (Å²) in [5, 5.41) is 3.89. The number of anilines is 1. The molecule has 0 aliphatic heterocycles. The highest BCUT2D eigenvalue weighted by Crippen LogP contribution is 2.45. The molecule has 0 spiro atoms. The first-order valence-electron chi connectivity index (χ1n) is 7.68. The van der Waals surface area contributed by atoms with E-state index in [-0.39, 0.29) is 0 Å². The molecule has 2 aliphatic carbocycles. The van der Waals surface area contributed by atoms with Gasteiger partial charge in [-0.05, 0) is 62.1 Å². The molecule has 1 N–H and O–H groups in total. The molecule has 0 heterocycles. The van der Waals surface area contributed by atoms with Crippen molar-refractivity contribution >= 4 is 5.69 Å². The summed E-state index contributed by atoms with van der Waals surface area (Å²) in [6.45, 7) is 2.31. The molecule has 1 unspecified atom stereocenters. The van der Waals surface area contributed by atoms with Crippen molar-refractivity contribution in [1.29, 1.82) is 0 Å². The van der Waals surface area contributed by atoms with Gasteiger partial charge in [-0.25, -0.2) is 0 Å². The molecule has 0 radical (unpaired) electrons. The van der Waals surface area contributed by atoms with Crippen LogP contribution in [0.1, 0.15) is 44.2 Å². The lowest BCUT2D eigenvalue weighted by atomic mass is 10.0. The lowest BCUT2D eigenvalue weighted by Crippen LogP contribution is -2.35. The standard InChI is InChI=1S/C17H26N2/c1-12(13-8-10-16(11-9-13)19(2)3)18-17(14-4-5-14)15-6-7-15/h8-12,14-15,17-18H,4-7H2,1-3H3. The Morgan fingerprint density at radius 3 is 1.95 bits per heavy atom. The number of nitrogens with one attached hydrogen (secondary N) is 1. The summed E-state index contributed by atoms with van der Waals surface area (Å²) < 4.78 is 0. The number of benzene rings is 1. The van der Waals surface area contributed by atoms with Crippen LogP contribution in [0.5, 0.6) is 0 Å². The lowest BCUT2D eigenvalue weighted by Gasteiger charge is -2.24. The van der Waals surface area contributed by atoms with E-state index >= 15 is 0 Å². The predicted octanol–water partition coefficient (Wildman–Crippen LogP) is 3.59. The van der Waals surface area contributed by atoms with E-state index in [1.807, 2.05) is 0 Å². The Morgan fingerprint density at radius 1 is 1.00 bits per heavy atom. The maximum Gasteiger partial charge on any atom is 0.0361 e. The van der Waals surface area contributed by atoms with Crippen molar-refractivity contribution in [2.75, 3.05) is 19.0 Å². The first kappa shape index (κ1) is 13.0. The molecule has 2 saturated carbocycles. The molecular weight excluding hydrogens is 232 g/mol. The Labute approximate surface area is 117 Å². The number of hydrogen-bond donors (Lipinski definition) is 1. The van der Waals surface area contributed by atoms with Gasteiger partial charge < -0.3 is 10.2 Å². The fourth-order valence-electron chi connectivity index (χ4n) is 3.01. The first-order valence-corrected chi connectivity index (χ1v) is 7.68. The second kappa shape index (κ2) is 5.16. The molecular formula is C17H26N2. The van der Waals surface area contributed by atoms with E-state index in [1.165, 1.54) is 36.9 Å². The van der Waals surface area contributed by atoms with Crippen LogP contribution < -0.4 is 10.2 Å². The minimum absolute atomic E-state index is 0.474. The Balaban J connectivity index is 1.63. The average Bonchev–Trinajstić information content (AvgIpc) is 3.29. The largest absolute Gasteiger partial charge is 0.378 e. The highest BCUT2D eigenvalue weighted by Gasteiger charge is 2.41. The summed E-state index contributed by atoms with van der Waals surface area (Å²) >= 11 is 0. The van der Waals surface area contributed by atoms with Crippen LogP contribution in [-0.4, -0.2) is 20.1 Å². The smallest absolute Gasteiger partial charge is 0.0361 e. The molecule has 2 aliphatic rings. The zero-order valence-electron chi connectivity index (χ0n) is 12.4. The summed E-state index contributed by atoms with van der Waals surface area (Å²) in [4.78, 5) is 2.15. The third-order valence-corrected chi connectivity index (χ3v) is 4.61. The average molecular weight is 258 g/mol. The van der Waals surface area contributed by atoms with Gasteiger partial charge in [0.1, 0.15) is 0 Å². The second-order valence-electron chi connectivity index (χ2n) is 6.57. The number of hydrogen-bond acceptors (Lipinski definition) is 2. The Kier molecular flexibility index (Phi) is 3.53. The van der Waals surface area contributed by atoms with Gasteiger partial charge in [0.2, 0.25) is 0 Å². The monoisotopic (exact) mass is 258 g/mol. The summed E-state index contributed by atoms with van der Waals surface area (Å²) in [6, 6.07) is 10.2. The van der Waals surface area contributed by atoms with E-state index < -0.39 is 0 Å². The Morgan fingerprint density at radius 2 is 1.53 bits per heavy atom. The number of rotatable bonds is 6. The van der Waals surface area contributed by atoms with E-state index in [4.69, 9.17) is 0 Å². The molecule has 0 saturated heterocycles. The van der Waals surface area contributed by atoms with Crippen LogP contribution in [-0.2, 0) is 0 Å². The maximum absolute atomic E-state index is 3.89. The van der Waals surface area contributed by atoms with E-state index in [0.29, 0.717) is 6.04 Å². The van der Waals surface area contributed by atoms with Crippen molar-refractivity contribution < 1.29 is 0 Å². The van der Waals surface area contributed by atoms with Crippen molar-refractivity contribution in [1.82, 2.24) is 5.32 Å². The van der Waals surface area contributed by atoms with Crippen molar-refractivity contribution in [3.8, 4) is 0 Å². The SMILES string of the molecule is CC(NC(C1CC1)C1CC1)c1ccc(N(C)C)cc1. The third kappa shape index (κ3) is 3.11. The van der Waals surface area contributed by atoms with Gasteiger partial charge >= 0.3 is 0 Å². The molecule has 2 fully saturated rings. The van der Waals surface area contributed by atoms with Crippen molar-refractivity contribution in [3.05, 3.63) is 29.8 Å². The third-order valence-electron chi connectivity index (χ3n) is 4.61. The maximum atomic E-state index is 3.89. The van der Waals surface area contributed by atoms with Gasteiger partial charge in [0.25, 0.3) is 0 Å². The molecule has 19 heavy (non-hydrogen) atoms. The van der Waals surface area contributed by atoms with Gasteiger partial charge in [-0.3, -0.25) is 0 Å². The van der Waals surface area contributed by atoms with E-state index in [9.17, 15) is 0 Å². The fraction of sp³-hybridized carbons (Fsp3) is 0.647. The van der Waals surface area contributed by atoms with Crippen LogP contribution in [0, 0.1) is 11.8 Å².